The minimum atomic E-state index is -0.611. The van der Waals surface area contributed by atoms with Gasteiger partial charge in [0.2, 0.25) is 0 Å². The Bertz CT molecular complexity index is 702. The van der Waals surface area contributed by atoms with Crippen LogP contribution in [0.2, 0.25) is 0 Å². The zero-order valence-electron chi connectivity index (χ0n) is 13.0. The predicted octanol–water partition coefficient (Wildman–Crippen LogP) is 2.87. The quantitative estimate of drug-likeness (QED) is 0.813. The van der Waals surface area contributed by atoms with Crippen molar-refractivity contribution in [3.05, 3.63) is 59.7 Å². The van der Waals surface area contributed by atoms with Crippen molar-refractivity contribution in [1.29, 1.82) is 0 Å². The fourth-order valence-electron chi connectivity index (χ4n) is 2.90. The van der Waals surface area contributed by atoms with E-state index in [-0.39, 0.29) is 6.03 Å². The Kier molecular flexibility index (Phi) is 4.48. The van der Waals surface area contributed by atoms with Crippen LogP contribution in [0.1, 0.15) is 24.1 Å². The second-order valence-electron chi connectivity index (χ2n) is 5.48. The number of carbonyl (C=O) groups excluding carboxylic acids is 1. The molecule has 0 saturated heterocycles. The Labute approximate surface area is 135 Å². The largest absolute Gasteiger partial charge is 0.492 e. The minimum Gasteiger partial charge on any atom is -0.492 e. The molecular formula is C18H20N2O3. The summed E-state index contributed by atoms with van der Waals surface area (Å²) >= 11 is 0. The molecule has 0 saturated carbocycles. The topological polar surface area (TPSA) is 70.6 Å². The minimum absolute atomic E-state index is 0.363. The van der Waals surface area contributed by atoms with Crippen molar-refractivity contribution in [3.8, 4) is 5.75 Å². The van der Waals surface area contributed by atoms with Crippen LogP contribution in [0, 0.1) is 0 Å². The molecule has 3 N–H and O–H groups in total. The van der Waals surface area contributed by atoms with E-state index in [4.69, 9.17) is 4.74 Å². The molecule has 0 bridgehead atoms. The van der Waals surface area contributed by atoms with Gasteiger partial charge in [-0.3, -0.25) is 0 Å². The molecule has 0 unspecified atom stereocenters. The Morgan fingerprint density at radius 1 is 1.22 bits per heavy atom. The molecule has 23 heavy (non-hydrogen) atoms. The predicted molar refractivity (Wildman–Crippen MR) is 88.7 cm³/mol. The molecule has 2 amide bonds. The molecule has 2 atom stereocenters. The van der Waals surface area contributed by atoms with Crippen LogP contribution in [0.3, 0.4) is 0 Å². The molecule has 1 aliphatic carbocycles. The number of para-hydroxylation sites is 2. The number of anilines is 1. The first-order chi connectivity index (χ1) is 11.2. The third kappa shape index (κ3) is 3.29. The highest BCUT2D eigenvalue weighted by atomic mass is 16.5. The van der Waals surface area contributed by atoms with Gasteiger partial charge in [-0.1, -0.05) is 36.4 Å². The van der Waals surface area contributed by atoms with E-state index in [0.29, 0.717) is 24.5 Å². The summed E-state index contributed by atoms with van der Waals surface area (Å²) < 4.78 is 5.49. The first-order valence-electron chi connectivity index (χ1n) is 7.74. The summed E-state index contributed by atoms with van der Waals surface area (Å²) in [4.78, 5) is 12.3. The number of benzene rings is 2. The molecule has 0 heterocycles. The number of fused-ring (bicyclic) bond motifs is 1. The molecule has 0 spiro atoms. The molecular weight excluding hydrogens is 292 g/mol. The van der Waals surface area contributed by atoms with E-state index in [1.165, 1.54) is 0 Å². The summed E-state index contributed by atoms with van der Waals surface area (Å²) in [6.45, 7) is 2.41. The van der Waals surface area contributed by atoms with E-state index in [2.05, 4.69) is 10.6 Å². The third-order valence-electron chi connectivity index (χ3n) is 3.93. The van der Waals surface area contributed by atoms with Gasteiger partial charge >= 0.3 is 6.03 Å². The first-order valence-corrected chi connectivity index (χ1v) is 7.74. The summed E-state index contributed by atoms with van der Waals surface area (Å²) in [6.07, 6.45) is -0.0586. The van der Waals surface area contributed by atoms with Gasteiger partial charge in [-0.25, -0.2) is 4.79 Å². The van der Waals surface area contributed by atoms with Gasteiger partial charge in [-0.05, 0) is 30.2 Å². The van der Waals surface area contributed by atoms with Crippen LogP contribution in [-0.2, 0) is 6.42 Å². The molecule has 5 heteroatoms. The molecule has 5 nitrogen and oxygen atoms in total. The van der Waals surface area contributed by atoms with Crippen molar-refractivity contribution in [2.45, 2.75) is 25.5 Å². The van der Waals surface area contributed by atoms with Gasteiger partial charge in [0.25, 0.3) is 0 Å². The fourth-order valence-corrected chi connectivity index (χ4v) is 2.90. The number of amides is 2. The zero-order valence-corrected chi connectivity index (χ0v) is 13.0. The SMILES string of the molecule is CCOc1ccccc1NC(=O)N[C@@H]1c2ccccc2C[C@@H]1O. The molecule has 0 fully saturated rings. The molecule has 2 aromatic rings. The molecule has 120 valence electrons. The molecule has 2 aromatic carbocycles. The normalized spacial score (nSPS) is 19.0. The van der Waals surface area contributed by atoms with E-state index in [1.54, 1.807) is 12.1 Å². The van der Waals surface area contributed by atoms with Crippen LogP contribution in [0.25, 0.3) is 0 Å². The molecule has 3 rings (SSSR count). The average molecular weight is 312 g/mol. The summed E-state index contributed by atoms with van der Waals surface area (Å²) in [5.41, 5.74) is 2.64. The van der Waals surface area contributed by atoms with Crippen molar-refractivity contribution in [2.75, 3.05) is 11.9 Å². The zero-order chi connectivity index (χ0) is 16.2. The van der Waals surface area contributed by atoms with Gasteiger partial charge in [-0.15, -0.1) is 0 Å². The summed E-state index contributed by atoms with van der Waals surface area (Å²) in [7, 11) is 0. The van der Waals surface area contributed by atoms with Gasteiger partial charge in [-0.2, -0.15) is 0 Å². The van der Waals surface area contributed by atoms with Gasteiger partial charge in [0.15, 0.2) is 0 Å². The average Bonchev–Trinajstić information content (AvgIpc) is 2.85. The third-order valence-corrected chi connectivity index (χ3v) is 3.93. The van der Waals surface area contributed by atoms with Crippen molar-refractivity contribution >= 4 is 11.7 Å². The van der Waals surface area contributed by atoms with Crippen LogP contribution in [0.5, 0.6) is 5.75 Å². The number of nitrogens with one attached hydrogen (secondary N) is 2. The van der Waals surface area contributed by atoms with Gasteiger partial charge in [0.1, 0.15) is 5.75 Å². The van der Waals surface area contributed by atoms with Crippen LogP contribution in [0.15, 0.2) is 48.5 Å². The summed E-state index contributed by atoms with van der Waals surface area (Å²) in [5.74, 6) is 0.623. The van der Waals surface area contributed by atoms with Crippen molar-refractivity contribution < 1.29 is 14.6 Å². The Morgan fingerprint density at radius 2 is 1.96 bits per heavy atom. The number of carbonyl (C=O) groups is 1. The second kappa shape index (κ2) is 6.71. The number of hydrogen-bond acceptors (Lipinski definition) is 3. The van der Waals surface area contributed by atoms with Crippen LogP contribution in [-0.4, -0.2) is 23.8 Å². The van der Waals surface area contributed by atoms with Crippen LogP contribution >= 0.6 is 0 Å². The number of hydrogen-bond donors (Lipinski definition) is 3. The van der Waals surface area contributed by atoms with E-state index in [9.17, 15) is 9.90 Å². The maximum Gasteiger partial charge on any atom is 0.319 e. The monoisotopic (exact) mass is 312 g/mol. The molecule has 0 radical (unpaired) electrons. The van der Waals surface area contributed by atoms with Gasteiger partial charge in [0, 0.05) is 6.42 Å². The first kappa shape index (κ1) is 15.4. The highest BCUT2D eigenvalue weighted by molar-refractivity contribution is 5.91. The number of rotatable bonds is 4. The lowest BCUT2D eigenvalue weighted by molar-refractivity contribution is 0.144. The maximum atomic E-state index is 12.3. The van der Waals surface area contributed by atoms with Crippen molar-refractivity contribution in [1.82, 2.24) is 5.32 Å². The summed E-state index contributed by atoms with van der Waals surface area (Å²) in [6, 6.07) is 14.3. The van der Waals surface area contributed by atoms with Gasteiger partial charge < -0.3 is 20.5 Å². The highest BCUT2D eigenvalue weighted by Gasteiger charge is 2.31. The van der Waals surface area contributed by atoms with E-state index >= 15 is 0 Å². The van der Waals surface area contributed by atoms with Crippen LogP contribution < -0.4 is 15.4 Å². The van der Waals surface area contributed by atoms with Gasteiger partial charge in [0.05, 0.1) is 24.4 Å². The smallest absolute Gasteiger partial charge is 0.319 e. The maximum absolute atomic E-state index is 12.3. The van der Waals surface area contributed by atoms with E-state index in [0.717, 1.165) is 11.1 Å². The number of urea groups is 1. The summed E-state index contributed by atoms with van der Waals surface area (Å²) in [5, 5.41) is 15.8. The second-order valence-corrected chi connectivity index (χ2v) is 5.48. The lowest BCUT2D eigenvalue weighted by Crippen LogP contribution is -2.36. The lowest BCUT2D eigenvalue weighted by atomic mass is 10.1. The van der Waals surface area contributed by atoms with Crippen molar-refractivity contribution in [2.24, 2.45) is 0 Å². The van der Waals surface area contributed by atoms with E-state index < -0.39 is 12.1 Å². The highest BCUT2D eigenvalue weighted by Crippen LogP contribution is 2.31. The Hall–Kier alpha value is -2.53. The molecule has 0 aromatic heterocycles. The van der Waals surface area contributed by atoms with Crippen molar-refractivity contribution in [3.63, 3.8) is 0 Å². The molecule has 0 aliphatic heterocycles. The lowest BCUT2D eigenvalue weighted by Gasteiger charge is -2.19. The number of ether oxygens (including phenoxy) is 1. The molecule has 1 aliphatic rings. The Balaban J connectivity index is 1.71. The Morgan fingerprint density at radius 3 is 2.78 bits per heavy atom. The van der Waals surface area contributed by atoms with E-state index in [1.807, 2.05) is 43.3 Å². The number of aliphatic hydroxyl groups excluding tert-OH is 1. The standard InChI is InChI=1S/C18H20N2O3/c1-2-23-16-10-6-5-9-14(16)19-18(22)20-17-13-8-4-3-7-12(13)11-15(17)21/h3-10,15,17,21H,2,11H2,1H3,(H2,19,20,22)/t15-,17+/m0/s1. The number of aliphatic hydroxyl groups is 1. The van der Waals surface area contributed by atoms with Crippen LogP contribution in [0.4, 0.5) is 10.5 Å². The fraction of sp³-hybridized carbons (Fsp3) is 0.278.